The van der Waals surface area contributed by atoms with Crippen molar-refractivity contribution in [2.24, 2.45) is 10.9 Å². The zero-order valence-electron chi connectivity index (χ0n) is 17.8. The number of sulfonamides is 1. The molecule has 2 aliphatic rings. The van der Waals surface area contributed by atoms with Crippen molar-refractivity contribution >= 4 is 44.8 Å². The smallest absolute Gasteiger partial charge is 0.338 e. The average Bonchev–Trinajstić information content (AvgIpc) is 3.45. The molecule has 2 heterocycles. The van der Waals surface area contributed by atoms with E-state index in [1.165, 1.54) is 30.6 Å². The lowest BCUT2D eigenvalue weighted by Crippen LogP contribution is -2.37. The Kier molecular flexibility index (Phi) is 6.85. The Bertz CT molecular complexity index is 1230. The molecule has 3 atom stereocenters. The average molecular weight is 513 g/mol. The van der Waals surface area contributed by atoms with Crippen molar-refractivity contribution in [2.75, 3.05) is 13.4 Å². The standard InChI is InChI=1S/C21H22ClFN4O4S2/c1-31-21(28)15-17(11-6-7-12(10-11)27-33(2,29)30)25-19(20-24-8-9-32-20)26-18(15)13-4-3-5-14(23)16(13)22/h3-5,8-9,11-12,18,27H,6-7,10H2,1-2H3,(H,25,26). The predicted octanol–water partition coefficient (Wildman–Crippen LogP) is 3.17. The highest BCUT2D eigenvalue weighted by Crippen LogP contribution is 2.42. The fourth-order valence-corrected chi connectivity index (χ4v) is 5.92. The van der Waals surface area contributed by atoms with Crippen LogP contribution in [0.1, 0.15) is 35.9 Å². The first kappa shape index (κ1) is 23.8. The molecule has 2 N–H and O–H groups in total. The third-order valence-corrected chi connectivity index (χ3v) is 7.55. The normalized spacial score (nSPS) is 23.3. The number of ether oxygens (including phenoxy) is 1. The zero-order chi connectivity index (χ0) is 23.8. The van der Waals surface area contributed by atoms with Gasteiger partial charge in [-0.1, -0.05) is 23.7 Å². The number of rotatable bonds is 6. The molecular weight excluding hydrogens is 491 g/mol. The minimum absolute atomic E-state index is 0.129. The second-order valence-electron chi connectivity index (χ2n) is 7.90. The van der Waals surface area contributed by atoms with Gasteiger partial charge in [0.05, 0.1) is 24.0 Å². The maximum Gasteiger partial charge on any atom is 0.338 e. The lowest BCUT2D eigenvalue weighted by Gasteiger charge is -2.30. The molecule has 3 unspecified atom stereocenters. The number of aliphatic imine (C=N–C) groups is 1. The van der Waals surface area contributed by atoms with Gasteiger partial charge in [-0.05, 0) is 25.3 Å². The zero-order valence-corrected chi connectivity index (χ0v) is 20.2. The van der Waals surface area contributed by atoms with Crippen molar-refractivity contribution in [1.29, 1.82) is 0 Å². The molecule has 33 heavy (non-hydrogen) atoms. The summed E-state index contributed by atoms with van der Waals surface area (Å²) >= 11 is 7.65. The molecule has 1 saturated carbocycles. The number of thiazole rings is 1. The number of amidine groups is 1. The van der Waals surface area contributed by atoms with Crippen molar-refractivity contribution in [3.8, 4) is 0 Å². The second-order valence-corrected chi connectivity index (χ2v) is 11.0. The minimum Gasteiger partial charge on any atom is -0.466 e. The van der Waals surface area contributed by atoms with Crippen LogP contribution in [0.3, 0.4) is 0 Å². The Morgan fingerprint density at radius 1 is 1.36 bits per heavy atom. The van der Waals surface area contributed by atoms with Crippen LogP contribution in [-0.2, 0) is 19.6 Å². The van der Waals surface area contributed by atoms with E-state index in [1.807, 2.05) is 0 Å². The number of allylic oxidation sites excluding steroid dienone is 1. The maximum atomic E-state index is 14.3. The van der Waals surface area contributed by atoms with E-state index in [0.717, 1.165) is 6.26 Å². The minimum atomic E-state index is -3.38. The third-order valence-electron chi connectivity index (χ3n) is 5.61. The summed E-state index contributed by atoms with van der Waals surface area (Å²) in [4.78, 5) is 22.0. The summed E-state index contributed by atoms with van der Waals surface area (Å²) in [5.74, 6) is -0.997. The second kappa shape index (κ2) is 9.49. The molecule has 1 aromatic heterocycles. The van der Waals surface area contributed by atoms with Gasteiger partial charge in [-0.3, -0.25) is 4.99 Å². The molecule has 4 rings (SSSR count). The molecular formula is C21H22ClFN4O4S2. The summed E-state index contributed by atoms with van der Waals surface area (Å²) in [6.07, 6.45) is 4.46. The van der Waals surface area contributed by atoms with Crippen molar-refractivity contribution < 1.29 is 22.3 Å². The number of halogens is 2. The highest BCUT2D eigenvalue weighted by molar-refractivity contribution is 7.88. The van der Waals surface area contributed by atoms with E-state index in [1.54, 1.807) is 17.6 Å². The summed E-state index contributed by atoms with van der Waals surface area (Å²) in [7, 11) is -2.11. The number of nitrogens with zero attached hydrogens (tertiary/aromatic N) is 2. The van der Waals surface area contributed by atoms with Crippen LogP contribution in [0.5, 0.6) is 0 Å². The van der Waals surface area contributed by atoms with Crippen LogP contribution in [0.2, 0.25) is 5.02 Å². The van der Waals surface area contributed by atoms with Crippen molar-refractivity contribution in [1.82, 2.24) is 15.0 Å². The Morgan fingerprint density at radius 2 is 2.15 bits per heavy atom. The lowest BCUT2D eigenvalue weighted by atomic mass is 9.89. The molecule has 0 saturated heterocycles. The Morgan fingerprint density at radius 3 is 2.82 bits per heavy atom. The van der Waals surface area contributed by atoms with E-state index in [9.17, 15) is 17.6 Å². The van der Waals surface area contributed by atoms with Gasteiger partial charge >= 0.3 is 5.97 Å². The van der Waals surface area contributed by atoms with Crippen LogP contribution in [-0.4, -0.2) is 44.6 Å². The Hall–Kier alpha value is -2.34. The largest absolute Gasteiger partial charge is 0.466 e. The first-order valence-corrected chi connectivity index (χ1v) is 13.3. The predicted molar refractivity (Wildman–Crippen MR) is 124 cm³/mol. The fraction of sp³-hybridized carbons (Fsp3) is 0.381. The molecule has 1 fully saturated rings. The molecule has 1 aliphatic carbocycles. The number of hydrogen-bond donors (Lipinski definition) is 2. The van der Waals surface area contributed by atoms with Gasteiger partial charge in [0.1, 0.15) is 11.9 Å². The summed E-state index contributed by atoms with van der Waals surface area (Å²) in [6.45, 7) is 0. The monoisotopic (exact) mass is 512 g/mol. The first-order valence-electron chi connectivity index (χ1n) is 10.2. The molecule has 0 amide bonds. The number of esters is 1. The topological polar surface area (TPSA) is 110 Å². The van der Waals surface area contributed by atoms with E-state index < -0.39 is 27.9 Å². The highest BCUT2D eigenvalue weighted by atomic mass is 35.5. The molecule has 0 spiro atoms. The van der Waals surface area contributed by atoms with Crippen LogP contribution in [0.25, 0.3) is 0 Å². The summed E-state index contributed by atoms with van der Waals surface area (Å²) < 4.78 is 45.5. The van der Waals surface area contributed by atoms with E-state index >= 15 is 0 Å². The Balaban J connectivity index is 1.82. The number of carbonyl (C=O) groups is 1. The Labute approximate surface area is 200 Å². The van der Waals surface area contributed by atoms with Gasteiger partial charge < -0.3 is 10.1 Å². The van der Waals surface area contributed by atoms with Gasteiger partial charge in [-0.2, -0.15) is 0 Å². The first-order chi connectivity index (χ1) is 15.7. The molecule has 2 aromatic rings. The van der Waals surface area contributed by atoms with E-state index in [2.05, 4.69) is 20.0 Å². The van der Waals surface area contributed by atoms with Crippen LogP contribution in [0, 0.1) is 11.7 Å². The summed E-state index contributed by atoms with van der Waals surface area (Å²) in [6, 6.07) is 3.18. The molecule has 1 aromatic carbocycles. The van der Waals surface area contributed by atoms with Crippen LogP contribution in [0.15, 0.2) is 46.0 Å². The molecule has 0 bridgehead atoms. The number of methoxy groups -OCH3 is 1. The summed E-state index contributed by atoms with van der Waals surface area (Å²) in [5, 5.41) is 5.51. The molecule has 176 valence electrons. The maximum absolute atomic E-state index is 14.3. The van der Waals surface area contributed by atoms with Crippen molar-refractivity contribution in [3.05, 3.63) is 62.5 Å². The van der Waals surface area contributed by atoms with Crippen molar-refractivity contribution in [3.63, 3.8) is 0 Å². The third kappa shape index (κ3) is 5.11. The van der Waals surface area contributed by atoms with E-state index in [0.29, 0.717) is 41.4 Å². The molecule has 12 heteroatoms. The number of carbonyl (C=O) groups excluding carboxylic acids is 1. The van der Waals surface area contributed by atoms with Gasteiger partial charge in [0.25, 0.3) is 0 Å². The van der Waals surface area contributed by atoms with Gasteiger partial charge in [0.2, 0.25) is 10.0 Å². The summed E-state index contributed by atoms with van der Waals surface area (Å²) in [5.41, 5.74) is 1.11. The number of nitrogens with one attached hydrogen (secondary N) is 2. The molecule has 1 aliphatic heterocycles. The number of aromatic nitrogens is 1. The van der Waals surface area contributed by atoms with Gasteiger partial charge in [-0.15, -0.1) is 11.3 Å². The highest BCUT2D eigenvalue weighted by Gasteiger charge is 2.39. The fourth-order valence-electron chi connectivity index (χ4n) is 4.28. The molecule has 0 radical (unpaired) electrons. The molecule has 8 nitrogen and oxygen atoms in total. The van der Waals surface area contributed by atoms with Gasteiger partial charge in [-0.25, -0.2) is 27.3 Å². The van der Waals surface area contributed by atoms with Gasteiger partial charge in [0.15, 0.2) is 10.8 Å². The van der Waals surface area contributed by atoms with E-state index in [-0.39, 0.29) is 22.6 Å². The quantitative estimate of drug-likeness (QED) is 0.575. The van der Waals surface area contributed by atoms with Crippen LogP contribution >= 0.6 is 22.9 Å². The number of benzene rings is 1. The van der Waals surface area contributed by atoms with Crippen LogP contribution in [0.4, 0.5) is 4.39 Å². The van der Waals surface area contributed by atoms with Crippen molar-refractivity contribution in [2.45, 2.75) is 31.3 Å². The van der Waals surface area contributed by atoms with Crippen LogP contribution < -0.4 is 10.0 Å². The lowest BCUT2D eigenvalue weighted by molar-refractivity contribution is -0.136. The van der Waals surface area contributed by atoms with Gasteiger partial charge in [0, 0.05) is 34.8 Å². The SMILES string of the molecule is COC(=O)C1=C(C2CCC(NS(C)(=O)=O)C2)NC(c2nccs2)=NC1c1cccc(F)c1Cl. The number of hydrogen-bond acceptors (Lipinski definition) is 8. The van der Waals surface area contributed by atoms with E-state index in [4.69, 9.17) is 16.3 Å².